The Morgan fingerprint density at radius 1 is 1.23 bits per heavy atom. The number of likely N-dealkylation sites (tertiary alicyclic amines) is 1. The smallest absolute Gasteiger partial charge is 0.418 e. The average molecular weight is 361 g/mol. The molecule has 0 unspecified atom stereocenters. The molecule has 2 amide bonds. The quantitative estimate of drug-likeness (QED) is 0.769. The first-order valence-corrected chi connectivity index (χ1v) is 8.89. The Hall–Kier alpha value is -2.37. The molecule has 142 valence electrons. The van der Waals surface area contributed by atoms with Crippen LogP contribution in [0.25, 0.3) is 0 Å². The van der Waals surface area contributed by atoms with E-state index < -0.39 is 29.1 Å². The van der Waals surface area contributed by atoms with Crippen LogP contribution >= 0.6 is 0 Å². The third-order valence-electron chi connectivity index (χ3n) is 4.47. The van der Waals surface area contributed by atoms with Crippen LogP contribution in [0.4, 0.5) is 4.79 Å². The number of hydrogen-bond acceptors (Lipinski definition) is 5. The summed E-state index contributed by atoms with van der Waals surface area (Å²) in [5.41, 5.74) is -1.34. The van der Waals surface area contributed by atoms with Crippen molar-refractivity contribution in [3.8, 4) is 0 Å². The van der Waals surface area contributed by atoms with Gasteiger partial charge in [0, 0.05) is 12.8 Å². The fourth-order valence-corrected chi connectivity index (χ4v) is 3.32. The second kappa shape index (κ2) is 7.48. The van der Waals surface area contributed by atoms with Gasteiger partial charge in [0.1, 0.15) is 5.60 Å². The lowest BCUT2D eigenvalue weighted by atomic mass is 9.80. The normalized spacial score (nSPS) is 23.0. The van der Waals surface area contributed by atoms with Crippen LogP contribution in [0.2, 0.25) is 0 Å². The molecule has 6 nitrogen and oxygen atoms in total. The zero-order valence-electron chi connectivity index (χ0n) is 16.1. The largest absolute Gasteiger partial charge is 0.464 e. The molecule has 1 saturated heterocycles. The van der Waals surface area contributed by atoms with Crippen LogP contribution < -0.4 is 0 Å². The van der Waals surface area contributed by atoms with Crippen molar-refractivity contribution in [3.05, 3.63) is 35.9 Å². The molecule has 1 heterocycles. The number of carbonyl (C=O) groups is 3. The van der Waals surface area contributed by atoms with Gasteiger partial charge >= 0.3 is 12.1 Å². The van der Waals surface area contributed by atoms with E-state index in [-0.39, 0.29) is 25.4 Å². The lowest BCUT2D eigenvalue weighted by molar-refractivity contribution is -0.160. The molecule has 1 fully saturated rings. The van der Waals surface area contributed by atoms with Gasteiger partial charge in [0.15, 0.2) is 5.54 Å². The molecule has 0 aliphatic carbocycles. The van der Waals surface area contributed by atoms with Gasteiger partial charge in [-0.1, -0.05) is 37.3 Å². The summed E-state index contributed by atoms with van der Waals surface area (Å²) < 4.78 is 10.7. The SMILES string of the molecule is CCOC(=O)[C@]1(Cc2ccccc2)[C@H](C)CC(=O)N1C(=O)OC(C)(C)C. The minimum atomic E-state index is -1.41. The molecule has 0 bridgehead atoms. The summed E-state index contributed by atoms with van der Waals surface area (Å²) in [6, 6.07) is 9.31. The summed E-state index contributed by atoms with van der Waals surface area (Å²) in [7, 11) is 0. The maximum atomic E-state index is 13.0. The van der Waals surface area contributed by atoms with E-state index in [4.69, 9.17) is 9.47 Å². The van der Waals surface area contributed by atoms with Crippen molar-refractivity contribution in [2.75, 3.05) is 6.61 Å². The molecule has 6 heteroatoms. The number of imide groups is 1. The molecule has 1 aliphatic heterocycles. The van der Waals surface area contributed by atoms with Crippen molar-refractivity contribution in [2.45, 2.75) is 58.6 Å². The molecule has 2 rings (SSSR count). The van der Waals surface area contributed by atoms with E-state index in [1.54, 1.807) is 34.6 Å². The lowest BCUT2D eigenvalue weighted by Crippen LogP contribution is -2.60. The summed E-state index contributed by atoms with van der Waals surface area (Å²) in [6.07, 6.45) is -0.528. The minimum absolute atomic E-state index is 0.0882. The van der Waals surface area contributed by atoms with E-state index in [9.17, 15) is 14.4 Å². The zero-order chi connectivity index (χ0) is 19.5. The molecule has 0 aromatic heterocycles. The van der Waals surface area contributed by atoms with E-state index in [2.05, 4.69) is 0 Å². The van der Waals surface area contributed by atoms with Gasteiger partial charge in [-0.05, 0) is 39.2 Å². The van der Waals surface area contributed by atoms with Gasteiger partial charge in [0.2, 0.25) is 5.91 Å². The second-order valence-electron chi connectivity index (χ2n) is 7.62. The van der Waals surface area contributed by atoms with E-state index in [1.165, 1.54) is 0 Å². The standard InChI is InChI=1S/C20H27NO5/c1-6-25-17(23)20(13-15-10-8-7-9-11-15)14(2)12-16(22)21(20)18(24)26-19(3,4)5/h7-11,14H,6,12-13H2,1-5H3/t14-,20+/m1/s1. The van der Waals surface area contributed by atoms with Gasteiger partial charge in [0.05, 0.1) is 6.61 Å². The predicted octanol–water partition coefficient (Wildman–Crippen LogP) is 3.33. The van der Waals surface area contributed by atoms with Crippen LogP contribution in [0.3, 0.4) is 0 Å². The van der Waals surface area contributed by atoms with E-state index in [1.807, 2.05) is 30.3 Å². The van der Waals surface area contributed by atoms with E-state index in [0.717, 1.165) is 10.5 Å². The van der Waals surface area contributed by atoms with Crippen molar-refractivity contribution in [1.29, 1.82) is 0 Å². The molecule has 0 radical (unpaired) electrons. The fourth-order valence-electron chi connectivity index (χ4n) is 3.32. The van der Waals surface area contributed by atoms with Gasteiger partial charge in [-0.2, -0.15) is 0 Å². The number of amides is 2. The van der Waals surface area contributed by atoms with Crippen LogP contribution in [0, 0.1) is 5.92 Å². The molecular weight excluding hydrogens is 334 g/mol. The molecule has 0 spiro atoms. The molecule has 0 N–H and O–H groups in total. The van der Waals surface area contributed by atoms with Gasteiger partial charge < -0.3 is 9.47 Å². The Morgan fingerprint density at radius 2 is 1.85 bits per heavy atom. The van der Waals surface area contributed by atoms with Crippen molar-refractivity contribution >= 4 is 18.0 Å². The highest BCUT2D eigenvalue weighted by atomic mass is 16.6. The first-order chi connectivity index (χ1) is 12.1. The van der Waals surface area contributed by atoms with Gasteiger partial charge in [-0.25, -0.2) is 14.5 Å². The first kappa shape index (κ1) is 19.9. The van der Waals surface area contributed by atoms with Crippen LogP contribution in [0.5, 0.6) is 0 Å². The van der Waals surface area contributed by atoms with Gasteiger partial charge in [-0.3, -0.25) is 4.79 Å². The molecule has 1 aromatic rings. The third kappa shape index (κ3) is 3.89. The average Bonchev–Trinajstić information content (AvgIpc) is 2.78. The zero-order valence-corrected chi connectivity index (χ0v) is 16.1. The van der Waals surface area contributed by atoms with Gasteiger partial charge in [0.25, 0.3) is 0 Å². The van der Waals surface area contributed by atoms with Crippen LogP contribution in [0.15, 0.2) is 30.3 Å². The van der Waals surface area contributed by atoms with Crippen molar-refractivity contribution in [3.63, 3.8) is 0 Å². The molecule has 0 saturated carbocycles. The lowest BCUT2D eigenvalue weighted by Gasteiger charge is -2.38. The number of benzene rings is 1. The number of nitrogens with zero attached hydrogens (tertiary/aromatic N) is 1. The second-order valence-corrected chi connectivity index (χ2v) is 7.62. The summed E-state index contributed by atoms with van der Waals surface area (Å²) >= 11 is 0. The van der Waals surface area contributed by atoms with Crippen molar-refractivity contribution in [2.24, 2.45) is 5.92 Å². The van der Waals surface area contributed by atoms with Gasteiger partial charge in [-0.15, -0.1) is 0 Å². The number of hydrogen-bond donors (Lipinski definition) is 0. The Labute approximate surface area is 154 Å². The summed E-state index contributed by atoms with van der Waals surface area (Å²) in [5, 5.41) is 0. The summed E-state index contributed by atoms with van der Waals surface area (Å²) in [5.74, 6) is -1.38. The van der Waals surface area contributed by atoms with Crippen LogP contribution in [-0.4, -0.2) is 40.6 Å². The van der Waals surface area contributed by atoms with Crippen molar-refractivity contribution < 1.29 is 23.9 Å². The number of carbonyl (C=O) groups excluding carboxylic acids is 3. The summed E-state index contributed by atoms with van der Waals surface area (Å²) in [6.45, 7) is 8.82. The van der Waals surface area contributed by atoms with Crippen LogP contribution in [-0.2, 0) is 25.5 Å². The Balaban J connectivity index is 2.51. The van der Waals surface area contributed by atoms with E-state index >= 15 is 0 Å². The highest BCUT2D eigenvalue weighted by Gasteiger charge is 2.60. The highest BCUT2D eigenvalue weighted by Crippen LogP contribution is 2.40. The highest BCUT2D eigenvalue weighted by molar-refractivity contribution is 6.02. The van der Waals surface area contributed by atoms with Crippen molar-refractivity contribution in [1.82, 2.24) is 4.90 Å². The maximum Gasteiger partial charge on any atom is 0.418 e. The Morgan fingerprint density at radius 3 is 2.38 bits per heavy atom. The fraction of sp³-hybridized carbons (Fsp3) is 0.550. The Kier molecular flexibility index (Phi) is 5.74. The molecule has 1 aliphatic rings. The first-order valence-electron chi connectivity index (χ1n) is 8.89. The summed E-state index contributed by atoms with van der Waals surface area (Å²) in [4.78, 5) is 39.4. The Bertz CT molecular complexity index is 679. The predicted molar refractivity (Wildman–Crippen MR) is 96.4 cm³/mol. The number of esters is 1. The minimum Gasteiger partial charge on any atom is -0.464 e. The third-order valence-corrected chi connectivity index (χ3v) is 4.47. The topological polar surface area (TPSA) is 72.9 Å². The number of rotatable bonds is 4. The van der Waals surface area contributed by atoms with E-state index in [0.29, 0.717) is 0 Å². The maximum absolute atomic E-state index is 13.0. The molecule has 2 atom stereocenters. The molecular formula is C20H27NO5. The number of ether oxygens (including phenoxy) is 2. The molecule has 26 heavy (non-hydrogen) atoms. The van der Waals surface area contributed by atoms with Crippen LogP contribution in [0.1, 0.15) is 46.6 Å². The monoisotopic (exact) mass is 361 g/mol. The molecule has 1 aromatic carbocycles.